The van der Waals surface area contributed by atoms with E-state index in [0.717, 1.165) is 23.7 Å². The number of amides is 2. The van der Waals surface area contributed by atoms with Gasteiger partial charge in [0.05, 0.1) is 0 Å². The molecule has 2 N–H and O–H groups in total. The van der Waals surface area contributed by atoms with Gasteiger partial charge in [-0.15, -0.1) is 0 Å². The van der Waals surface area contributed by atoms with Crippen molar-refractivity contribution >= 4 is 6.03 Å². The molecule has 0 aliphatic heterocycles. The fraction of sp³-hybridized carbons (Fsp3) is 0.960. The van der Waals surface area contributed by atoms with Gasteiger partial charge in [-0.1, -0.05) is 26.7 Å². The first kappa shape index (κ1) is 18.1. The highest BCUT2D eigenvalue weighted by atomic mass is 16.2. The second-order valence-electron chi connectivity index (χ2n) is 12.8. The Labute approximate surface area is 171 Å². The fourth-order valence-corrected chi connectivity index (χ4v) is 10.5. The normalized spacial score (nSPS) is 55.5. The molecule has 0 saturated heterocycles. The molecule has 156 valence electrons. The molecule has 0 aromatic rings. The zero-order valence-electron chi connectivity index (χ0n) is 18.1. The largest absolute Gasteiger partial charge is 0.333 e. The lowest BCUT2D eigenvalue weighted by Gasteiger charge is -2.63. The van der Waals surface area contributed by atoms with Crippen molar-refractivity contribution in [3.05, 3.63) is 0 Å². The summed E-state index contributed by atoms with van der Waals surface area (Å²) < 4.78 is 0. The Hall–Kier alpha value is -0.730. The molecule has 28 heavy (non-hydrogen) atoms. The van der Waals surface area contributed by atoms with E-state index in [2.05, 4.69) is 24.5 Å². The Bertz CT molecular complexity index is 600. The first-order valence-electron chi connectivity index (χ1n) is 12.5. The van der Waals surface area contributed by atoms with Gasteiger partial charge in [0.25, 0.3) is 0 Å². The van der Waals surface area contributed by atoms with Gasteiger partial charge in [0.2, 0.25) is 0 Å². The number of carbonyl (C=O) groups is 1. The summed E-state index contributed by atoms with van der Waals surface area (Å²) in [4.78, 5) is 13.4. The van der Waals surface area contributed by atoms with E-state index in [1.54, 1.807) is 0 Å². The molecule has 8 aliphatic carbocycles. The van der Waals surface area contributed by atoms with Crippen molar-refractivity contribution < 1.29 is 4.79 Å². The van der Waals surface area contributed by atoms with E-state index in [9.17, 15) is 4.79 Å². The second kappa shape index (κ2) is 5.70. The Morgan fingerprint density at radius 1 is 0.679 bits per heavy atom. The molecule has 3 heteroatoms. The monoisotopic (exact) mass is 384 g/mol. The van der Waals surface area contributed by atoms with E-state index < -0.39 is 0 Å². The van der Waals surface area contributed by atoms with Crippen LogP contribution in [0.2, 0.25) is 0 Å². The number of nitrogens with one attached hydrogen (secondary N) is 2. The molecule has 8 aliphatic rings. The summed E-state index contributed by atoms with van der Waals surface area (Å²) >= 11 is 0. The minimum Gasteiger partial charge on any atom is -0.333 e. The van der Waals surface area contributed by atoms with Crippen LogP contribution in [-0.4, -0.2) is 17.1 Å². The van der Waals surface area contributed by atoms with Crippen molar-refractivity contribution in [3.8, 4) is 0 Å². The lowest BCUT2D eigenvalue weighted by Crippen LogP contribution is -2.68. The maximum atomic E-state index is 13.4. The minimum atomic E-state index is 0.106. The molecular formula is C25H40N2O. The van der Waals surface area contributed by atoms with Gasteiger partial charge in [0.15, 0.2) is 0 Å². The molecule has 0 heterocycles. The minimum absolute atomic E-state index is 0.106. The van der Waals surface area contributed by atoms with Gasteiger partial charge in [-0.3, -0.25) is 0 Å². The van der Waals surface area contributed by atoms with Crippen LogP contribution < -0.4 is 10.6 Å². The van der Waals surface area contributed by atoms with E-state index >= 15 is 0 Å². The zero-order chi connectivity index (χ0) is 19.2. The summed E-state index contributed by atoms with van der Waals surface area (Å²) in [5.74, 6) is 3.46. The van der Waals surface area contributed by atoms with Gasteiger partial charge < -0.3 is 10.6 Å². The van der Waals surface area contributed by atoms with Crippen molar-refractivity contribution in [2.75, 3.05) is 0 Å². The van der Waals surface area contributed by atoms with E-state index in [0.29, 0.717) is 10.8 Å². The third kappa shape index (κ3) is 2.63. The zero-order valence-corrected chi connectivity index (χ0v) is 18.1. The SMILES string of the molecule is CCC12C[C@H]3C[C@H](C1)CC(NC(=O)NC14C[C@@H]5C[C@@H](CC(CC)(C5)C1)C4)(C3)C2. The van der Waals surface area contributed by atoms with Crippen molar-refractivity contribution in [1.82, 2.24) is 10.6 Å². The number of rotatable bonds is 4. The molecule has 8 rings (SSSR count). The van der Waals surface area contributed by atoms with Crippen LogP contribution in [0.5, 0.6) is 0 Å². The number of hydrogen-bond donors (Lipinski definition) is 2. The van der Waals surface area contributed by atoms with E-state index in [1.807, 2.05) is 0 Å². The predicted octanol–water partition coefficient (Wildman–Crippen LogP) is 5.78. The van der Waals surface area contributed by atoms with Crippen LogP contribution in [0, 0.1) is 34.5 Å². The standard InChI is InChI=1S/C25H40N2O/c1-3-22-7-17-5-18(8-22)12-24(11-17,15-22)26-21(28)27-25-13-19-6-20(14-25)10-23(4-2,9-19)16-25/h17-20H,3-16H2,1-2H3,(H2,26,27,28)/t17-,18-,19-,20+,22?,23?,24?,25?/m1/s1. The number of urea groups is 1. The molecular weight excluding hydrogens is 344 g/mol. The highest BCUT2D eigenvalue weighted by Crippen LogP contribution is 2.64. The van der Waals surface area contributed by atoms with E-state index in [1.165, 1.54) is 89.9 Å². The summed E-state index contributed by atoms with van der Waals surface area (Å²) in [6, 6.07) is 0.182. The third-order valence-corrected chi connectivity index (χ3v) is 10.6. The molecule has 8 saturated carbocycles. The predicted molar refractivity (Wildman–Crippen MR) is 112 cm³/mol. The van der Waals surface area contributed by atoms with Crippen molar-refractivity contribution in [2.24, 2.45) is 34.5 Å². The molecule has 8 fully saturated rings. The molecule has 6 atom stereocenters. The third-order valence-electron chi connectivity index (χ3n) is 10.6. The smallest absolute Gasteiger partial charge is 0.315 e. The molecule has 8 bridgehead atoms. The van der Waals surface area contributed by atoms with Gasteiger partial charge in [-0.2, -0.15) is 0 Å². The summed E-state index contributed by atoms with van der Waals surface area (Å²) in [6.07, 6.45) is 18.6. The average molecular weight is 385 g/mol. The Morgan fingerprint density at radius 2 is 1.04 bits per heavy atom. The van der Waals surface area contributed by atoms with Crippen LogP contribution in [0.15, 0.2) is 0 Å². The van der Waals surface area contributed by atoms with Crippen molar-refractivity contribution in [3.63, 3.8) is 0 Å². The van der Waals surface area contributed by atoms with Gasteiger partial charge in [-0.25, -0.2) is 4.79 Å². The number of hydrogen-bond acceptors (Lipinski definition) is 1. The molecule has 2 unspecified atom stereocenters. The topological polar surface area (TPSA) is 41.1 Å². The summed E-state index contributed by atoms with van der Waals surface area (Å²) in [5, 5.41) is 7.28. The van der Waals surface area contributed by atoms with Crippen LogP contribution >= 0.6 is 0 Å². The highest BCUT2D eigenvalue weighted by molar-refractivity contribution is 5.76. The second-order valence-corrected chi connectivity index (χ2v) is 12.8. The van der Waals surface area contributed by atoms with Crippen LogP contribution in [0.4, 0.5) is 4.79 Å². The first-order chi connectivity index (χ1) is 13.4. The molecule has 0 radical (unpaired) electrons. The average Bonchev–Trinajstić information content (AvgIpc) is 2.58. The maximum Gasteiger partial charge on any atom is 0.315 e. The molecule has 0 aromatic heterocycles. The molecule has 0 aromatic carbocycles. The lowest BCUT2D eigenvalue weighted by atomic mass is 9.46. The summed E-state index contributed by atoms with van der Waals surface area (Å²) in [6.45, 7) is 4.78. The molecule has 3 nitrogen and oxygen atoms in total. The van der Waals surface area contributed by atoms with E-state index in [4.69, 9.17) is 0 Å². The maximum absolute atomic E-state index is 13.4. The van der Waals surface area contributed by atoms with Gasteiger partial charge >= 0.3 is 6.03 Å². The molecule has 2 amide bonds. The van der Waals surface area contributed by atoms with Crippen molar-refractivity contribution in [1.29, 1.82) is 0 Å². The molecule has 0 spiro atoms. The van der Waals surface area contributed by atoms with Gasteiger partial charge in [-0.05, 0) is 112 Å². The van der Waals surface area contributed by atoms with Gasteiger partial charge in [0, 0.05) is 11.1 Å². The van der Waals surface area contributed by atoms with Crippen LogP contribution in [0.25, 0.3) is 0 Å². The summed E-state index contributed by atoms with van der Waals surface area (Å²) in [7, 11) is 0. The number of carbonyl (C=O) groups excluding carboxylic acids is 1. The quantitative estimate of drug-likeness (QED) is 0.633. The van der Waals surface area contributed by atoms with E-state index in [-0.39, 0.29) is 17.1 Å². The Kier molecular flexibility index (Phi) is 3.68. The van der Waals surface area contributed by atoms with Gasteiger partial charge in [0.1, 0.15) is 0 Å². The highest BCUT2D eigenvalue weighted by Gasteiger charge is 2.59. The Morgan fingerprint density at radius 3 is 1.36 bits per heavy atom. The first-order valence-corrected chi connectivity index (χ1v) is 12.5. The summed E-state index contributed by atoms with van der Waals surface area (Å²) in [5.41, 5.74) is 1.28. The van der Waals surface area contributed by atoms with Crippen LogP contribution in [-0.2, 0) is 0 Å². The van der Waals surface area contributed by atoms with Crippen LogP contribution in [0.3, 0.4) is 0 Å². The fourth-order valence-electron chi connectivity index (χ4n) is 10.5. The van der Waals surface area contributed by atoms with Crippen molar-refractivity contribution in [2.45, 2.75) is 115 Å². The van der Waals surface area contributed by atoms with Crippen LogP contribution in [0.1, 0.15) is 104 Å². The lowest BCUT2D eigenvalue weighted by molar-refractivity contribution is -0.0857. The Balaban J connectivity index is 1.19.